The van der Waals surface area contributed by atoms with E-state index in [1.165, 1.54) is 38.8 Å². The van der Waals surface area contributed by atoms with Crippen molar-refractivity contribution in [2.24, 2.45) is 23.5 Å². The van der Waals surface area contributed by atoms with E-state index in [1.807, 2.05) is 0 Å². The van der Waals surface area contributed by atoms with E-state index in [4.69, 9.17) is 5.73 Å². The van der Waals surface area contributed by atoms with Crippen LogP contribution in [0.2, 0.25) is 0 Å². The van der Waals surface area contributed by atoms with Gasteiger partial charge in [-0.2, -0.15) is 0 Å². The number of rotatable bonds is 6. The Morgan fingerprint density at radius 2 is 1.94 bits per heavy atom. The number of likely N-dealkylation sites (tertiary alicyclic amines) is 1. The summed E-state index contributed by atoms with van der Waals surface area (Å²) < 4.78 is 0. The molecule has 2 N–H and O–H groups in total. The molecular weight excluding hydrogens is 208 g/mol. The lowest BCUT2D eigenvalue weighted by atomic mass is 9.86. The highest BCUT2D eigenvalue weighted by Gasteiger charge is 2.28. The fourth-order valence-electron chi connectivity index (χ4n) is 3.20. The molecule has 0 aliphatic carbocycles. The van der Waals surface area contributed by atoms with Gasteiger partial charge in [-0.25, -0.2) is 0 Å². The van der Waals surface area contributed by atoms with Gasteiger partial charge < -0.3 is 10.6 Å². The van der Waals surface area contributed by atoms with E-state index in [-0.39, 0.29) is 0 Å². The molecule has 1 heterocycles. The summed E-state index contributed by atoms with van der Waals surface area (Å²) in [4.78, 5) is 2.70. The van der Waals surface area contributed by atoms with Crippen molar-refractivity contribution in [2.45, 2.75) is 59.4 Å². The number of nitrogens with zero attached hydrogens (tertiary/aromatic N) is 1. The van der Waals surface area contributed by atoms with Gasteiger partial charge in [0.2, 0.25) is 0 Å². The normalized spacial score (nSPS) is 32.6. The van der Waals surface area contributed by atoms with Crippen LogP contribution in [0.3, 0.4) is 0 Å². The smallest absolute Gasteiger partial charge is 0.00927 e. The highest BCUT2D eigenvalue weighted by atomic mass is 15.2. The van der Waals surface area contributed by atoms with Crippen molar-refractivity contribution in [3.63, 3.8) is 0 Å². The summed E-state index contributed by atoms with van der Waals surface area (Å²) in [7, 11) is 0. The zero-order chi connectivity index (χ0) is 12.8. The van der Waals surface area contributed by atoms with Crippen LogP contribution in [-0.4, -0.2) is 30.6 Å². The minimum Gasteiger partial charge on any atom is -0.330 e. The van der Waals surface area contributed by atoms with Crippen molar-refractivity contribution in [2.75, 3.05) is 19.6 Å². The molecule has 2 heteroatoms. The number of nitrogens with two attached hydrogens (primary N) is 1. The average Bonchev–Trinajstić information content (AvgIpc) is 2.25. The lowest BCUT2D eigenvalue weighted by Crippen LogP contribution is -2.46. The second kappa shape index (κ2) is 7.38. The summed E-state index contributed by atoms with van der Waals surface area (Å²) in [5.41, 5.74) is 5.59. The lowest BCUT2D eigenvalue weighted by molar-refractivity contribution is 0.0771. The fourth-order valence-corrected chi connectivity index (χ4v) is 3.20. The average molecular weight is 240 g/mol. The second-order valence-corrected chi connectivity index (χ2v) is 6.38. The van der Waals surface area contributed by atoms with Crippen molar-refractivity contribution in [1.29, 1.82) is 0 Å². The molecule has 0 aromatic heterocycles. The van der Waals surface area contributed by atoms with Crippen molar-refractivity contribution in [1.82, 2.24) is 4.90 Å². The predicted molar refractivity (Wildman–Crippen MR) is 76.0 cm³/mol. The molecule has 2 nitrogen and oxygen atoms in total. The Hall–Kier alpha value is -0.0800. The predicted octanol–water partition coefficient (Wildman–Crippen LogP) is 3.12. The van der Waals surface area contributed by atoms with Crippen LogP contribution >= 0.6 is 0 Å². The molecule has 17 heavy (non-hydrogen) atoms. The maximum Gasteiger partial charge on any atom is 0.00927 e. The maximum atomic E-state index is 5.59. The van der Waals surface area contributed by atoms with E-state index >= 15 is 0 Å². The lowest BCUT2D eigenvalue weighted by Gasteiger charge is -2.41. The Bertz CT molecular complexity index is 205. The zero-order valence-corrected chi connectivity index (χ0v) is 12.3. The highest BCUT2D eigenvalue weighted by molar-refractivity contribution is 4.81. The van der Waals surface area contributed by atoms with E-state index in [2.05, 4.69) is 32.6 Å². The first kappa shape index (κ1) is 15.0. The Kier molecular flexibility index (Phi) is 6.50. The third-order valence-electron chi connectivity index (χ3n) is 4.52. The zero-order valence-electron chi connectivity index (χ0n) is 12.3. The molecular formula is C15H32N2. The van der Waals surface area contributed by atoms with Gasteiger partial charge in [0.25, 0.3) is 0 Å². The molecule has 0 spiro atoms. The highest BCUT2D eigenvalue weighted by Crippen LogP contribution is 2.27. The molecule has 1 saturated heterocycles. The van der Waals surface area contributed by atoms with Crippen LogP contribution in [0.4, 0.5) is 0 Å². The van der Waals surface area contributed by atoms with Crippen LogP contribution in [0.1, 0.15) is 53.4 Å². The van der Waals surface area contributed by atoms with Gasteiger partial charge in [0.05, 0.1) is 0 Å². The van der Waals surface area contributed by atoms with Gasteiger partial charge in [0.15, 0.2) is 0 Å². The van der Waals surface area contributed by atoms with Gasteiger partial charge in [-0.1, -0.05) is 20.8 Å². The summed E-state index contributed by atoms with van der Waals surface area (Å²) in [5.74, 6) is 2.54. The minimum absolute atomic E-state index is 0.774. The topological polar surface area (TPSA) is 29.3 Å². The summed E-state index contributed by atoms with van der Waals surface area (Å²) in [6.07, 6.45) is 5.26. The number of hydrogen-bond donors (Lipinski definition) is 1. The summed E-state index contributed by atoms with van der Waals surface area (Å²) in [5, 5.41) is 0. The van der Waals surface area contributed by atoms with E-state index in [1.54, 1.807) is 0 Å². The molecule has 0 saturated carbocycles. The second-order valence-electron chi connectivity index (χ2n) is 6.38. The summed E-state index contributed by atoms with van der Waals surface area (Å²) >= 11 is 0. The summed E-state index contributed by atoms with van der Waals surface area (Å²) in [6, 6.07) is 0.774. The van der Waals surface area contributed by atoms with Gasteiger partial charge >= 0.3 is 0 Å². The minimum atomic E-state index is 0.774. The summed E-state index contributed by atoms with van der Waals surface area (Å²) in [6.45, 7) is 13.0. The molecule has 0 radical (unpaired) electrons. The number of piperidine rings is 1. The SMILES string of the molecule is CC(CCN)CCCN1CC(C)CC(C)C1C. The first-order valence-electron chi connectivity index (χ1n) is 7.48. The van der Waals surface area contributed by atoms with Crippen molar-refractivity contribution >= 4 is 0 Å². The Morgan fingerprint density at radius 1 is 1.24 bits per heavy atom. The van der Waals surface area contributed by atoms with Crippen LogP contribution < -0.4 is 5.73 Å². The standard InChI is InChI=1S/C15H32N2/c1-12(7-8-16)6-5-9-17-11-13(2)10-14(3)15(17)4/h12-15H,5-11,16H2,1-4H3. The molecule has 1 aliphatic heterocycles. The van der Waals surface area contributed by atoms with Gasteiger partial charge in [-0.3, -0.25) is 0 Å². The molecule has 1 aliphatic rings. The monoisotopic (exact) mass is 240 g/mol. The Balaban J connectivity index is 2.25. The maximum absolute atomic E-state index is 5.59. The van der Waals surface area contributed by atoms with E-state index in [0.29, 0.717) is 0 Å². The molecule has 4 atom stereocenters. The third-order valence-corrected chi connectivity index (χ3v) is 4.52. The quantitative estimate of drug-likeness (QED) is 0.773. The third kappa shape index (κ3) is 4.97. The molecule has 4 unspecified atom stereocenters. The molecule has 102 valence electrons. The molecule has 1 fully saturated rings. The van der Waals surface area contributed by atoms with E-state index in [0.717, 1.165) is 30.3 Å². The molecule has 0 bridgehead atoms. The first-order chi connectivity index (χ1) is 8.04. The largest absolute Gasteiger partial charge is 0.330 e. The van der Waals surface area contributed by atoms with Crippen molar-refractivity contribution < 1.29 is 0 Å². The Labute approximate surface area is 108 Å². The molecule has 0 amide bonds. The first-order valence-corrected chi connectivity index (χ1v) is 7.48. The molecule has 0 aromatic carbocycles. The van der Waals surface area contributed by atoms with Crippen LogP contribution in [0.15, 0.2) is 0 Å². The van der Waals surface area contributed by atoms with Crippen molar-refractivity contribution in [3.05, 3.63) is 0 Å². The van der Waals surface area contributed by atoms with Gasteiger partial charge in [-0.05, 0) is 63.5 Å². The fraction of sp³-hybridized carbons (Fsp3) is 1.00. The van der Waals surface area contributed by atoms with Crippen molar-refractivity contribution in [3.8, 4) is 0 Å². The van der Waals surface area contributed by atoms with Crippen LogP contribution in [0, 0.1) is 17.8 Å². The Morgan fingerprint density at radius 3 is 2.59 bits per heavy atom. The van der Waals surface area contributed by atoms with Gasteiger partial charge in [0, 0.05) is 12.6 Å². The van der Waals surface area contributed by atoms with E-state index in [9.17, 15) is 0 Å². The van der Waals surface area contributed by atoms with E-state index < -0.39 is 0 Å². The van der Waals surface area contributed by atoms with Crippen LogP contribution in [0.5, 0.6) is 0 Å². The van der Waals surface area contributed by atoms with Gasteiger partial charge in [-0.15, -0.1) is 0 Å². The molecule has 1 rings (SSSR count). The van der Waals surface area contributed by atoms with Gasteiger partial charge in [0.1, 0.15) is 0 Å². The number of hydrogen-bond acceptors (Lipinski definition) is 2. The molecule has 0 aromatic rings. The van der Waals surface area contributed by atoms with Crippen LogP contribution in [-0.2, 0) is 0 Å². The van der Waals surface area contributed by atoms with Crippen LogP contribution in [0.25, 0.3) is 0 Å².